The number of ether oxygens (including phenoxy) is 1. The van der Waals surface area contributed by atoms with Gasteiger partial charge in [0, 0.05) is 30.3 Å². The third-order valence-electron chi connectivity index (χ3n) is 4.04. The van der Waals surface area contributed by atoms with Crippen molar-refractivity contribution >= 4 is 5.78 Å². The average Bonchev–Trinajstić information content (AvgIpc) is 2.67. The summed E-state index contributed by atoms with van der Waals surface area (Å²) in [5.74, 6) is 0.940. The van der Waals surface area contributed by atoms with E-state index in [4.69, 9.17) is 4.74 Å². The molecule has 1 aromatic carbocycles. The van der Waals surface area contributed by atoms with Gasteiger partial charge in [-0.25, -0.2) is 0 Å². The Morgan fingerprint density at radius 3 is 2.38 bits per heavy atom. The van der Waals surface area contributed by atoms with E-state index in [0.29, 0.717) is 6.42 Å². The van der Waals surface area contributed by atoms with Crippen LogP contribution in [0.15, 0.2) is 12.1 Å². The first-order valence-corrected chi connectivity index (χ1v) is 7.02. The number of hydrogen-bond donors (Lipinski definition) is 0. The molecule has 0 saturated carbocycles. The highest BCUT2D eigenvalue weighted by atomic mass is 16.5. The van der Waals surface area contributed by atoms with Gasteiger partial charge in [-0.3, -0.25) is 9.48 Å². The van der Waals surface area contributed by atoms with Crippen molar-refractivity contribution in [3.05, 3.63) is 45.8 Å². The fraction of sp³-hybridized carbons (Fsp3) is 0.412. The van der Waals surface area contributed by atoms with Crippen LogP contribution >= 0.6 is 0 Å². The molecule has 0 atom stereocenters. The Hall–Kier alpha value is -2.10. The molecule has 0 N–H and O–H groups in total. The van der Waals surface area contributed by atoms with Gasteiger partial charge in [-0.15, -0.1) is 0 Å². The van der Waals surface area contributed by atoms with E-state index in [1.54, 1.807) is 7.11 Å². The summed E-state index contributed by atoms with van der Waals surface area (Å²) in [5, 5.41) is 4.37. The fourth-order valence-electron chi connectivity index (χ4n) is 2.64. The third kappa shape index (κ3) is 2.84. The fourth-order valence-corrected chi connectivity index (χ4v) is 2.64. The summed E-state index contributed by atoms with van der Waals surface area (Å²) >= 11 is 0. The standard InChI is InChI=1S/C17H22N2O2/c1-10-8-17(21-6)11(2)7-14(10)16(20)9-15-12(3)18-19(5)13(15)4/h7-8H,9H2,1-6H3. The highest BCUT2D eigenvalue weighted by molar-refractivity contribution is 5.99. The summed E-state index contributed by atoms with van der Waals surface area (Å²) < 4.78 is 7.12. The molecule has 2 rings (SSSR count). The molecule has 0 fully saturated rings. The zero-order valence-electron chi connectivity index (χ0n) is 13.6. The first kappa shape index (κ1) is 15.3. The van der Waals surface area contributed by atoms with Gasteiger partial charge in [-0.2, -0.15) is 5.10 Å². The van der Waals surface area contributed by atoms with E-state index in [-0.39, 0.29) is 5.78 Å². The van der Waals surface area contributed by atoms with Gasteiger partial charge in [0.05, 0.1) is 12.8 Å². The summed E-state index contributed by atoms with van der Waals surface area (Å²) in [5.41, 5.74) is 5.68. The molecule has 0 spiro atoms. The predicted molar refractivity (Wildman–Crippen MR) is 83.2 cm³/mol. The third-order valence-corrected chi connectivity index (χ3v) is 4.04. The Balaban J connectivity index is 2.35. The minimum atomic E-state index is 0.123. The maximum atomic E-state index is 12.6. The molecule has 2 aromatic rings. The number of carbonyl (C=O) groups excluding carboxylic acids is 1. The molecular weight excluding hydrogens is 264 g/mol. The summed E-state index contributed by atoms with van der Waals surface area (Å²) in [6, 6.07) is 3.84. The number of Topliss-reactive ketones (excluding diaryl/α,β-unsaturated/α-hetero) is 1. The quantitative estimate of drug-likeness (QED) is 0.811. The number of rotatable bonds is 4. The molecule has 0 saturated heterocycles. The van der Waals surface area contributed by atoms with Crippen LogP contribution in [0.25, 0.3) is 0 Å². The van der Waals surface area contributed by atoms with Gasteiger partial charge < -0.3 is 4.74 Å². The van der Waals surface area contributed by atoms with Crippen LogP contribution in [-0.4, -0.2) is 22.7 Å². The van der Waals surface area contributed by atoms with Crippen LogP contribution in [0.2, 0.25) is 0 Å². The number of hydrogen-bond acceptors (Lipinski definition) is 3. The van der Waals surface area contributed by atoms with Crippen LogP contribution in [0.3, 0.4) is 0 Å². The number of aromatic nitrogens is 2. The van der Waals surface area contributed by atoms with Crippen molar-refractivity contribution in [2.45, 2.75) is 34.1 Å². The zero-order chi connectivity index (χ0) is 15.7. The van der Waals surface area contributed by atoms with E-state index < -0.39 is 0 Å². The van der Waals surface area contributed by atoms with Crippen LogP contribution < -0.4 is 4.74 Å². The number of nitrogens with zero attached hydrogens (tertiary/aromatic N) is 2. The molecule has 0 unspecified atom stereocenters. The Kier molecular flexibility index (Phi) is 4.16. The summed E-state index contributed by atoms with van der Waals surface area (Å²) in [6.07, 6.45) is 0.387. The molecule has 4 heteroatoms. The van der Waals surface area contributed by atoms with Gasteiger partial charge in [0.1, 0.15) is 5.75 Å². The summed E-state index contributed by atoms with van der Waals surface area (Å²) in [7, 11) is 3.55. The molecule has 4 nitrogen and oxygen atoms in total. The van der Waals surface area contributed by atoms with Crippen LogP contribution in [0, 0.1) is 27.7 Å². The Morgan fingerprint density at radius 1 is 1.19 bits per heavy atom. The molecule has 21 heavy (non-hydrogen) atoms. The van der Waals surface area contributed by atoms with Gasteiger partial charge in [0.2, 0.25) is 0 Å². The lowest BCUT2D eigenvalue weighted by Gasteiger charge is -2.11. The van der Waals surface area contributed by atoms with Crippen molar-refractivity contribution in [3.63, 3.8) is 0 Å². The Labute approximate surface area is 125 Å². The number of aryl methyl sites for hydroxylation is 4. The molecule has 1 heterocycles. The SMILES string of the molecule is COc1cc(C)c(C(=O)Cc2c(C)nn(C)c2C)cc1C. The normalized spacial score (nSPS) is 10.8. The van der Waals surface area contributed by atoms with Crippen LogP contribution in [0.4, 0.5) is 0 Å². The van der Waals surface area contributed by atoms with Crippen molar-refractivity contribution in [3.8, 4) is 5.75 Å². The topological polar surface area (TPSA) is 44.1 Å². The average molecular weight is 286 g/mol. The van der Waals surface area contributed by atoms with E-state index in [1.165, 1.54) is 0 Å². The molecule has 0 aliphatic rings. The highest BCUT2D eigenvalue weighted by Gasteiger charge is 2.17. The molecular formula is C17H22N2O2. The van der Waals surface area contributed by atoms with Crippen molar-refractivity contribution in [2.24, 2.45) is 7.05 Å². The maximum Gasteiger partial charge on any atom is 0.167 e. The molecule has 0 aliphatic carbocycles. The van der Waals surface area contributed by atoms with Gasteiger partial charge in [0.25, 0.3) is 0 Å². The predicted octanol–water partition coefficient (Wildman–Crippen LogP) is 3.09. The number of methoxy groups -OCH3 is 1. The van der Waals surface area contributed by atoms with E-state index in [0.717, 1.165) is 39.4 Å². The smallest absolute Gasteiger partial charge is 0.167 e. The van der Waals surface area contributed by atoms with E-state index >= 15 is 0 Å². The molecule has 1 aromatic heterocycles. The largest absolute Gasteiger partial charge is 0.496 e. The first-order chi connectivity index (χ1) is 9.85. The lowest BCUT2D eigenvalue weighted by atomic mass is 9.96. The van der Waals surface area contributed by atoms with Crippen LogP contribution in [0.1, 0.15) is 38.4 Å². The van der Waals surface area contributed by atoms with E-state index in [9.17, 15) is 4.79 Å². The second-order valence-corrected chi connectivity index (χ2v) is 5.51. The first-order valence-electron chi connectivity index (χ1n) is 7.02. The van der Waals surface area contributed by atoms with Crippen LogP contribution in [-0.2, 0) is 13.5 Å². The summed E-state index contributed by atoms with van der Waals surface area (Å²) in [4.78, 5) is 12.6. The molecule has 0 bridgehead atoms. The van der Waals surface area contributed by atoms with Gasteiger partial charge in [-0.05, 0) is 51.0 Å². The van der Waals surface area contributed by atoms with E-state index in [2.05, 4.69) is 5.10 Å². The second kappa shape index (κ2) is 5.72. The minimum absolute atomic E-state index is 0.123. The van der Waals surface area contributed by atoms with Gasteiger partial charge >= 0.3 is 0 Å². The van der Waals surface area contributed by atoms with Crippen LogP contribution in [0.5, 0.6) is 5.75 Å². The van der Waals surface area contributed by atoms with Gasteiger partial charge in [0.15, 0.2) is 5.78 Å². The van der Waals surface area contributed by atoms with E-state index in [1.807, 2.05) is 51.6 Å². The monoisotopic (exact) mass is 286 g/mol. The zero-order valence-corrected chi connectivity index (χ0v) is 13.6. The lowest BCUT2D eigenvalue weighted by molar-refractivity contribution is 0.0992. The van der Waals surface area contributed by atoms with Crippen molar-refractivity contribution < 1.29 is 9.53 Å². The highest BCUT2D eigenvalue weighted by Crippen LogP contribution is 2.24. The number of carbonyl (C=O) groups is 1. The number of benzene rings is 1. The van der Waals surface area contributed by atoms with Gasteiger partial charge in [-0.1, -0.05) is 0 Å². The summed E-state index contributed by atoms with van der Waals surface area (Å²) in [6.45, 7) is 7.84. The second-order valence-electron chi connectivity index (χ2n) is 5.51. The number of ketones is 1. The van der Waals surface area contributed by atoms with Crippen molar-refractivity contribution in [2.75, 3.05) is 7.11 Å². The molecule has 112 valence electrons. The molecule has 0 aliphatic heterocycles. The Bertz CT molecular complexity index is 699. The Morgan fingerprint density at radius 2 is 1.86 bits per heavy atom. The minimum Gasteiger partial charge on any atom is -0.496 e. The van der Waals surface area contributed by atoms with Crippen molar-refractivity contribution in [1.29, 1.82) is 0 Å². The molecule has 0 radical (unpaired) electrons. The molecule has 0 amide bonds. The maximum absolute atomic E-state index is 12.6. The van der Waals surface area contributed by atoms with Crippen molar-refractivity contribution in [1.82, 2.24) is 9.78 Å². The lowest BCUT2D eigenvalue weighted by Crippen LogP contribution is -2.08.